The third-order valence-electron chi connectivity index (χ3n) is 2.25. The Morgan fingerprint density at radius 3 is 2.59 bits per heavy atom. The van der Waals surface area contributed by atoms with Crippen molar-refractivity contribution < 1.29 is 14.3 Å². The molecule has 5 heteroatoms. The van der Waals surface area contributed by atoms with Gasteiger partial charge in [-0.05, 0) is 26.0 Å². The summed E-state index contributed by atoms with van der Waals surface area (Å²) in [5, 5.41) is 3.00. The summed E-state index contributed by atoms with van der Waals surface area (Å²) in [7, 11) is 0. The van der Waals surface area contributed by atoms with Gasteiger partial charge in [-0.3, -0.25) is 14.6 Å². The summed E-state index contributed by atoms with van der Waals surface area (Å²) in [6, 6.07) is 3.53. The molecule has 0 amide bonds. The van der Waals surface area contributed by atoms with Gasteiger partial charge < -0.3 is 10.1 Å². The van der Waals surface area contributed by atoms with Crippen molar-refractivity contribution in [3.63, 3.8) is 0 Å². The maximum Gasteiger partial charge on any atom is 0.318 e. The predicted molar refractivity (Wildman–Crippen MR) is 63.5 cm³/mol. The van der Waals surface area contributed by atoms with Crippen LogP contribution in [0.15, 0.2) is 24.5 Å². The number of aromatic nitrogens is 1. The Labute approximate surface area is 100 Å². The van der Waals surface area contributed by atoms with Crippen LogP contribution in [-0.2, 0) is 14.3 Å². The van der Waals surface area contributed by atoms with E-state index in [2.05, 4.69) is 10.3 Å². The maximum atomic E-state index is 11.5. The van der Waals surface area contributed by atoms with Gasteiger partial charge in [-0.25, -0.2) is 0 Å². The molecule has 1 unspecified atom stereocenters. The summed E-state index contributed by atoms with van der Waals surface area (Å²) in [5.74, 6) is -1.45. The number of nitrogens with one attached hydrogen (secondary N) is 1. The van der Waals surface area contributed by atoms with Gasteiger partial charge in [0.1, 0.15) is 11.7 Å². The van der Waals surface area contributed by atoms with Crippen molar-refractivity contribution >= 4 is 17.4 Å². The molecule has 92 valence electrons. The number of esters is 1. The molecule has 0 aliphatic rings. The molecule has 5 nitrogen and oxygen atoms in total. The molecule has 1 atom stereocenters. The summed E-state index contributed by atoms with van der Waals surface area (Å²) in [4.78, 5) is 26.7. The van der Waals surface area contributed by atoms with Gasteiger partial charge in [0.15, 0.2) is 0 Å². The van der Waals surface area contributed by atoms with Gasteiger partial charge in [-0.15, -0.1) is 0 Å². The maximum absolute atomic E-state index is 11.5. The van der Waals surface area contributed by atoms with E-state index in [4.69, 9.17) is 4.74 Å². The normalized spacial score (nSPS) is 11.6. The standard InChI is InChI=1S/C12H16N2O3/c1-3-17-12(16)11(9(2)15)8-14-10-4-6-13-7-5-10/h4-7,11H,3,8H2,1-2H3,(H,13,14). The molecule has 0 fully saturated rings. The van der Waals surface area contributed by atoms with E-state index in [9.17, 15) is 9.59 Å². The lowest BCUT2D eigenvalue weighted by Gasteiger charge is -2.14. The zero-order valence-corrected chi connectivity index (χ0v) is 9.97. The Morgan fingerprint density at radius 1 is 1.41 bits per heavy atom. The topological polar surface area (TPSA) is 68.3 Å². The van der Waals surface area contributed by atoms with Crippen LogP contribution < -0.4 is 5.32 Å². The summed E-state index contributed by atoms with van der Waals surface area (Å²) in [6.45, 7) is 3.61. The van der Waals surface area contributed by atoms with Gasteiger partial charge in [0.05, 0.1) is 6.61 Å². The van der Waals surface area contributed by atoms with Crippen LogP contribution in [0.3, 0.4) is 0 Å². The Bertz CT molecular complexity index is 379. The number of rotatable bonds is 6. The van der Waals surface area contributed by atoms with E-state index in [0.29, 0.717) is 0 Å². The van der Waals surface area contributed by atoms with E-state index in [1.54, 1.807) is 31.5 Å². The number of anilines is 1. The largest absolute Gasteiger partial charge is 0.465 e. The predicted octanol–water partition coefficient (Wildman–Crippen LogP) is 1.26. The van der Waals surface area contributed by atoms with E-state index in [1.807, 2.05) is 0 Å². The second-order valence-corrected chi connectivity index (χ2v) is 3.53. The molecule has 0 aliphatic carbocycles. The monoisotopic (exact) mass is 236 g/mol. The lowest BCUT2D eigenvalue weighted by molar-refractivity contribution is -0.150. The van der Waals surface area contributed by atoms with Crippen LogP contribution in [0, 0.1) is 5.92 Å². The first-order chi connectivity index (χ1) is 8.15. The Morgan fingerprint density at radius 2 is 2.06 bits per heavy atom. The van der Waals surface area contributed by atoms with Crippen LogP contribution in [0.1, 0.15) is 13.8 Å². The van der Waals surface area contributed by atoms with Crippen LogP contribution in [-0.4, -0.2) is 29.9 Å². The third kappa shape index (κ3) is 4.22. The number of Topliss-reactive ketones (excluding diaryl/α,β-unsaturated/α-hetero) is 1. The summed E-state index contributed by atoms with van der Waals surface area (Å²) in [6.07, 6.45) is 3.27. The van der Waals surface area contributed by atoms with Crippen molar-refractivity contribution in [2.24, 2.45) is 5.92 Å². The molecule has 1 heterocycles. The second-order valence-electron chi connectivity index (χ2n) is 3.53. The molecule has 17 heavy (non-hydrogen) atoms. The van der Waals surface area contributed by atoms with E-state index in [-0.39, 0.29) is 18.9 Å². The molecule has 1 aromatic heterocycles. The zero-order valence-electron chi connectivity index (χ0n) is 9.97. The quantitative estimate of drug-likeness (QED) is 0.595. The number of nitrogens with zero attached hydrogens (tertiary/aromatic N) is 1. The number of ether oxygens (including phenoxy) is 1. The molecule has 0 spiro atoms. The fraction of sp³-hybridized carbons (Fsp3) is 0.417. The van der Waals surface area contributed by atoms with Crippen LogP contribution in [0.25, 0.3) is 0 Å². The Balaban J connectivity index is 2.56. The molecular formula is C12H16N2O3. The van der Waals surface area contributed by atoms with Crippen LogP contribution in [0.4, 0.5) is 5.69 Å². The molecule has 1 aromatic rings. The number of ketones is 1. The second kappa shape index (κ2) is 6.62. The highest BCUT2D eigenvalue weighted by atomic mass is 16.5. The van der Waals surface area contributed by atoms with Crippen LogP contribution >= 0.6 is 0 Å². The van der Waals surface area contributed by atoms with E-state index in [0.717, 1.165) is 5.69 Å². The summed E-state index contributed by atoms with van der Waals surface area (Å²) < 4.78 is 4.84. The van der Waals surface area contributed by atoms with E-state index in [1.165, 1.54) is 6.92 Å². The lowest BCUT2D eigenvalue weighted by atomic mass is 10.1. The van der Waals surface area contributed by atoms with E-state index < -0.39 is 11.9 Å². The van der Waals surface area contributed by atoms with Gasteiger partial charge >= 0.3 is 5.97 Å². The molecule has 0 aromatic carbocycles. The number of hydrogen-bond acceptors (Lipinski definition) is 5. The van der Waals surface area contributed by atoms with Gasteiger partial charge in [0, 0.05) is 24.6 Å². The van der Waals surface area contributed by atoms with Crippen molar-refractivity contribution in [3.8, 4) is 0 Å². The SMILES string of the molecule is CCOC(=O)C(CNc1ccncc1)C(C)=O. The van der Waals surface area contributed by atoms with E-state index >= 15 is 0 Å². The van der Waals surface area contributed by atoms with Crippen molar-refractivity contribution in [3.05, 3.63) is 24.5 Å². The molecule has 0 aliphatic heterocycles. The van der Waals surface area contributed by atoms with Crippen molar-refractivity contribution in [1.82, 2.24) is 4.98 Å². The average Bonchev–Trinajstić information content (AvgIpc) is 2.30. The number of pyridine rings is 1. The molecule has 0 radical (unpaired) electrons. The van der Waals surface area contributed by atoms with Gasteiger partial charge in [0.2, 0.25) is 0 Å². The number of carbonyl (C=O) groups excluding carboxylic acids is 2. The minimum Gasteiger partial charge on any atom is -0.465 e. The Kier molecular flexibility index (Phi) is 5.13. The van der Waals surface area contributed by atoms with Crippen molar-refractivity contribution in [2.75, 3.05) is 18.5 Å². The first kappa shape index (κ1) is 13.2. The molecule has 1 N–H and O–H groups in total. The van der Waals surface area contributed by atoms with Crippen molar-refractivity contribution in [2.45, 2.75) is 13.8 Å². The fourth-order valence-electron chi connectivity index (χ4n) is 1.33. The highest BCUT2D eigenvalue weighted by molar-refractivity contribution is 5.98. The van der Waals surface area contributed by atoms with Crippen molar-refractivity contribution in [1.29, 1.82) is 0 Å². The summed E-state index contributed by atoms with van der Waals surface area (Å²) in [5.41, 5.74) is 0.815. The molecular weight excluding hydrogens is 220 g/mol. The third-order valence-corrected chi connectivity index (χ3v) is 2.25. The van der Waals surface area contributed by atoms with Crippen LogP contribution in [0.5, 0.6) is 0 Å². The lowest BCUT2D eigenvalue weighted by Crippen LogP contribution is -2.30. The Hall–Kier alpha value is -1.91. The highest BCUT2D eigenvalue weighted by Crippen LogP contribution is 2.07. The molecule has 1 rings (SSSR count). The number of hydrogen-bond donors (Lipinski definition) is 1. The highest BCUT2D eigenvalue weighted by Gasteiger charge is 2.24. The first-order valence-corrected chi connectivity index (χ1v) is 5.46. The molecule has 0 saturated heterocycles. The fourth-order valence-corrected chi connectivity index (χ4v) is 1.33. The van der Waals surface area contributed by atoms with Gasteiger partial charge in [-0.2, -0.15) is 0 Å². The average molecular weight is 236 g/mol. The smallest absolute Gasteiger partial charge is 0.318 e. The van der Waals surface area contributed by atoms with Gasteiger partial charge in [0.25, 0.3) is 0 Å². The molecule has 0 saturated carbocycles. The minimum absolute atomic E-state index is 0.204. The van der Waals surface area contributed by atoms with Gasteiger partial charge in [-0.1, -0.05) is 0 Å². The van der Waals surface area contributed by atoms with Crippen LogP contribution in [0.2, 0.25) is 0 Å². The molecule has 0 bridgehead atoms. The first-order valence-electron chi connectivity index (χ1n) is 5.46. The minimum atomic E-state index is -0.761. The number of carbonyl (C=O) groups is 2. The zero-order chi connectivity index (χ0) is 12.7. The summed E-state index contributed by atoms with van der Waals surface area (Å²) >= 11 is 0.